The predicted molar refractivity (Wildman–Crippen MR) is 80.3 cm³/mol. The Balaban J connectivity index is 4.56. The van der Waals surface area contributed by atoms with Gasteiger partial charge in [0.05, 0.1) is 11.5 Å². The molecule has 0 aliphatic rings. The van der Waals surface area contributed by atoms with Crippen molar-refractivity contribution in [2.24, 2.45) is 23.2 Å². The lowest BCUT2D eigenvalue weighted by atomic mass is 9.73. The van der Waals surface area contributed by atoms with Gasteiger partial charge in [0.25, 0.3) is 0 Å². The van der Waals surface area contributed by atoms with Crippen LogP contribution >= 0.6 is 0 Å². The van der Waals surface area contributed by atoms with Gasteiger partial charge in [0, 0.05) is 0 Å². The lowest BCUT2D eigenvalue weighted by Crippen LogP contribution is -2.21. The van der Waals surface area contributed by atoms with E-state index >= 15 is 0 Å². The second kappa shape index (κ2) is 8.57. The van der Waals surface area contributed by atoms with E-state index in [9.17, 15) is 5.26 Å². The summed E-state index contributed by atoms with van der Waals surface area (Å²) < 4.78 is 0. The van der Waals surface area contributed by atoms with Crippen LogP contribution in [0.5, 0.6) is 0 Å². The zero-order valence-electron chi connectivity index (χ0n) is 13.4. The molecule has 0 aromatic rings. The van der Waals surface area contributed by atoms with Crippen molar-refractivity contribution in [1.82, 2.24) is 0 Å². The van der Waals surface area contributed by atoms with Crippen molar-refractivity contribution in [3.05, 3.63) is 0 Å². The fourth-order valence-electron chi connectivity index (χ4n) is 2.24. The minimum absolute atomic E-state index is 0.0567. The van der Waals surface area contributed by atoms with Crippen molar-refractivity contribution in [3.63, 3.8) is 0 Å². The molecule has 0 heterocycles. The van der Waals surface area contributed by atoms with Crippen molar-refractivity contribution in [3.8, 4) is 6.07 Å². The van der Waals surface area contributed by atoms with Crippen molar-refractivity contribution in [1.29, 1.82) is 5.26 Å². The number of nitrogens with zero attached hydrogens (tertiary/aromatic N) is 1. The van der Waals surface area contributed by atoms with E-state index in [1.54, 1.807) is 0 Å². The van der Waals surface area contributed by atoms with Gasteiger partial charge in [-0.2, -0.15) is 5.26 Å². The summed E-state index contributed by atoms with van der Waals surface area (Å²) in [5.41, 5.74) is -0.0567. The molecule has 1 nitrogen and oxygen atoms in total. The minimum atomic E-state index is -0.0567. The maximum absolute atomic E-state index is 9.67. The van der Waals surface area contributed by atoms with Crippen LogP contribution in [0, 0.1) is 34.5 Å². The van der Waals surface area contributed by atoms with Gasteiger partial charge in [-0.05, 0) is 56.3 Å². The first-order chi connectivity index (χ1) is 8.31. The van der Waals surface area contributed by atoms with E-state index < -0.39 is 0 Å². The van der Waals surface area contributed by atoms with Crippen LogP contribution in [-0.2, 0) is 0 Å². The first-order valence-corrected chi connectivity index (χ1v) is 7.72. The Labute approximate surface area is 115 Å². The average Bonchev–Trinajstić information content (AvgIpc) is 2.28. The highest BCUT2D eigenvalue weighted by Gasteiger charge is 2.29. The highest BCUT2D eigenvalue weighted by molar-refractivity contribution is 4.99. The van der Waals surface area contributed by atoms with Gasteiger partial charge < -0.3 is 0 Å². The first-order valence-electron chi connectivity index (χ1n) is 7.72. The largest absolute Gasteiger partial charge is 0.198 e. The highest BCUT2D eigenvalue weighted by Crippen LogP contribution is 2.37. The first kappa shape index (κ1) is 17.5. The van der Waals surface area contributed by atoms with E-state index in [4.69, 9.17) is 0 Å². The normalized spacial score (nSPS) is 12.4. The maximum atomic E-state index is 9.67. The molecule has 0 spiro atoms. The maximum Gasteiger partial charge on any atom is 0.0689 e. The summed E-state index contributed by atoms with van der Waals surface area (Å²) in [6.07, 6.45) is 6.80. The molecule has 0 aromatic heterocycles. The lowest BCUT2D eigenvalue weighted by Gasteiger charge is -2.29. The second-order valence-corrected chi connectivity index (χ2v) is 7.19. The molecule has 0 aliphatic carbocycles. The molecule has 0 radical (unpaired) electrons. The molecule has 0 saturated carbocycles. The Bertz CT molecular complexity index is 214. The molecule has 0 saturated heterocycles. The Kier molecular flexibility index (Phi) is 8.32. The zero-order valence-corrected chi connectivity index (χ0v) is 13.4. The molecule has 0 N–H and O–H groups in total. The van der Waals surface area contributed by atoms with Crippen LogP contribution in [-0.4, -0.2) is 0 Å². The number of hydrogen-bond donors (Lipinski definition) is 0. The van der Waals surface area contributed by atoms with E-state index in [-0.39, 0.29) is 5.41 Å². The van der Waals surface area contributed by atoms with Gasteiger partial charge in [-0.25, -0.2) is 0 Å². The van der Waals surface area contributed by atoms with Gasteiger partial charge in [-0.3, -0.25) is 0 Å². The van der Waals surface area contributed by atoms with Crippen LogP contribution in [0.2, 0.25) is 0 Å². The summed E-state index contributed by atoms with van der Waals surface area (Å²) >= 11 is 0. The van der Waals surface area contributed by atoms with Crippen LogP contribution in [0.15, 0.2) is 0 Å². The van der Waals surface area contributed by atoms with Crippen LogP contribution < -0.4 is 0 Å². The second-order valence-electron chi connectivity index (χ2n) is 7.19. The van der Waals surface area contributed by atoms with Gasteiger partial charge in [-0.15, -0.1) is 0 Å². The molecule has 18 heavy (non-hydrogen) atoms. The topological polar surface area (TPSA) is 23.8 Å². The van der Waals surface area contributed by atoms with Gasteiger partial charge in [0.1, 0.15) is 0 Å². The van der Waals surface area contributed by atoms with E-state index in [0.717, 1.165) is 19.3 Å². The highest BCUT2D eigenvalue weighted by atomic mass is 14.4. The molecule has 0 unspecified atom stereocenters. The van der Waals surface area contributed by atoms with E-state index in [2.05, 4.69) is 47.6 Å². The summed E-state index contributed by atoms with van der Waals surface area (Å²) in [4.78, 5) is 0. The fourth-order valence-corrected chi connectivity index (χ4v) is 2.24. The number of hydrogen-bond acceptors (Lipinski definition) is 1. The molecular formula is C17H33N. The van der Waals surface area contributed by atoms with Crippen molar-refractivity contribution in [2.45, 2.75) is 80.1 Å². The Hall–Kier alpha value is -0.510. The van der Waals surface area contributed by atoms with Crippen LogP contribution in [0.1, 0.15) is 80.1 Å². The Morgan fingerprint density at radius 1 is 0.722 bits per heavy atom. The van der Waals surface area contributed by atoms with Gasteiger partial charge >= 0.3 is 0 Å². The predicted octanol–water partition coefficient (Wildman–Crippen LogP) is 5.80. The summed E-state index contributed by atoms with van der Waals surface area (Å²) in [6.45, 7) is 13.5. The molecular weight excluding hydrogens is 218 g/mol. The van der Waals surface area contributed by atoms with E-state index in [0.29, 0.717) is 17.8 Å². The molecule has 1 heteroatoms. The molecule has 0 bridgehead atoms. The standard InChI is InChI=1S/C17H33N/c1-14(2)7-10-17(13-18,11-8-15(3)4)12-9-16(5)6/h14-16H,7-12H2,1-6H3. The Morgan fingerprint density at radius 2 is 1.00 bits per heavy atom. The zero-order chi connectivity index (χ0) is 14.2. The van der Waals surface area contributed by atoms with E-state index in [1.807, 2.05) is 0 Å². The van der Waals surface area contributed by atoms with Crippen LogP contribution in [0.4, 0.5) is 0 Å². The van der Waals surface area contributed by atoms with Gasteiger partial charge in [-0.1, -0.05) is 41.5 Å². The SMILES string of the molecule is CC(C)CCC(C#N)(CCC(C)C)CCC(C)C. The molecule has 0 aromatic carbocycles. The monoisotopic (exact) mass is 251 g/mol. The van der Waals surface area contributed by atoms with Crippen molar-refractivity contribution < 1.29 is 0 Å². The van der Waals surface area contributed by atoms with Gasteiger partial charge in [0.2, 0.25) is 0 Å². The molecule has 0 rings (SSSR count). The quantitative estimate of drug-likeness (QED) is 0.507. The van der Waals surface area contributed by atoms with E-state index in [1.165, 1.54) is 19.3 Å². The minimum Gasteiger partial charge on any atom is -0.198 e. The summed E-state index contributed by atoms with van der Waals surface area (Å²) in [5, 5.41) is 9.67. The van der Waals surface area contributed by atoms with Crippen LogP contribution in [0.3, 0.4) is 0 Å². The fraction of sp³-hybridized carbons (Fsp3) is 0.941. The van der Waals surface area contributed by atoms with Crippen molar-refractivity contribution >= 4 is 0 Å². The molecule has 0 atom stereocenters. The lowest BCUT2D eigenvalue weighted by molar-refractivity contribution is 0.248. The molecule has 0 fully saturated rings. The molecule has 0 amide bonds. The summed E-state index contributed by atoms with van der Waals surface area (Å²) in [7, 11) is 0. The molecule has 0 aliphatic heterocycles. The summed E-state index contributed by atoms with van der Waals surface area (Å²) in [5.74, 6) is 2.11. The van der Waals surface area contributed by atoms with Crippen LogP contribution in [0.25, 0.3) is 0 Å². The third kappa shape index (κ3) is 7.75. The number of nitriles is 1. The third-order valence-electron chi connectivity index (χ3n) is 3.84. The smallest absolute Gasteiger partial charge is 0.0689 e. The van der Waals surface area contributed by atoms with Crippen molar-refractivity contribution in [2.75, 3.05) is 0 Å². The summed E-state index contributed by atoms with van der Waals surface area (Å²) in [6, 6.07) is 2.68. The van der Waals surface area contributed by atoms with Gasteiger partial charge in [0.15, 0.2) is 0 Å². The Morgan fingerprint density at radius 3 is 1.17 bits per heavy atom. The average molecular weight is 251 g/mol. The third-order valence-corrected chi connectivity index (χ3v) is 3.84. The molecule has 106 valence electrons. The number of rotatable bonds is 9.